The maximum absolute atomic E-state index is 4.43. The van der Waals surface area contributed by atoms with Gasteiger partial charge in [-0.15, -0.1) is 0 Å². The second kappa shape index (κ2) is 5.57. The molecule has 2 N–H and O–H groups in total. The van der Waals surface area contributed by atoms with E-state index in [1.165, 1.54) is 25.7 Å². The lowest BCUT2D eigenvalue weighted by Gasteiger charge is -2.09. The minimum atomic E-state index is 0.677. The summed E-state index contributed by atoms with van der Waals surface area (Å²) in [6, 6.07) is 0.677. The van der Waals surface area contributed by atoms with Crippen LogP contribution in [-0.4, -0.2) is 25.8 Å². The van der Waals surface area contributed by atoms with Crippen LogP contribution in [0.15, 0.2) is 18.6 Å². The van der Waals surface area contributed by atoms with Gasteiger partial charge in [-0.25, -0.2) is 4.98 Å². The Kier molecular flexibility index (Phi) is 3.64. The number of nitrogens with zero attached hydrogens (tertiary/aromatic N) is 3. The van der Waals surface area contributed by atoms with Gasteiger partial charge in [0.2, 0.25) is 0 Å². The maximum atomic E-state index is 4.43. The summed E-state index contributed by atoms with van der Waals surface area (Å²) in [5, 5.41) is 7.85. The highest BCUT2D eigenvalue weighted by atomic mass is 15.3. The Labute approximate surface area is 113 Å². The van der Waals surface area contributed by atoms with E-state index < -0.39 is 0 Å². The van der Waals surface area contributed by atoms with E-state index in [9.17, 15) is 0 Å². The molecule has 1 saturated carbocycles. The normalized spacial score (nSPS) is 16.3. The van der Waals surface area contributed by atoms with E-state index in [0.717, 1.165) is 30.2 Å². The number of hydrogen-bond acceptors (Lipinski definition) is 3. The van der Waals surface area contributed by atoms with Crippen molar-refractivity contribution in [2.24, 2.45) is 0 Å². The minimum Gasteiger partial charge on any atom is -0.341 e. The number of nitrogens with one attached hydrogen (secondary N) is 2. The zero-order valence-electron chi connectivity index (χ0n) is 11.4. The van der Waals surface area contributed by atoms with Crippen LogP contribution in [0.25, 0.3) is 11.3 Å². The molecule has 0 aromatic carbocycles. The van der Waals surface area contributed by atoms with E-state index >= 15 is 0 Å². The van der Waals surface area contributed by atoms with Crippen LogP contribution >= 0.6 is 0 Å². The van der Waals surface area contributed by atoms with Crippen LogP contribution in [0, 0.1) is 0 Å². The predicted molar refractivity (Wildman–Crippen MR) is 74.6 cm³/mol. The molecular weight excluding hydrogens is 238 g/mol. The van der Waals surface area contributed by atoms with Crippen molar-refractivity contribution in [1.29, 1.82) is 0 Å². The fourth-order valence-electron chi connectivity index (χ4n) is 2.65. The third-order valence-electron chi connectivity index (χ3n) is 3.81. The van der Waals surface area contributed by atoms with E-state index in [1.807, 2.05) is 23.3 Å². The summed E-state index contributed by atoms with van der Waals surface area (Å²) in [7, 11) is 0. The number of aromatic nitrogens is 4. The molecule has 5 nitrogen and oxygen atoms in total. The SMILES string of the molecule is CCn1cc(-c2cnc(CNC3CCCC3)[nH]2)cn1. The highest BCUT2D eigenvalue weighted by molar-refractivity contribution is 5.55. The van der Waals surface area contributed by atoms with Gasteiger partial charge in [0, 0.05) is 24.3 Å². The molecule has 0 bridgehead atoms. The van der Waals surface area contributed by atoms with Crippen LogP contribution in [-0.2, 0) is 13.1 Å². The maximum Gasteiger partial charge on any atom is 0.120 e. The molecule has 0 amide bonds. The van der Waals surface area contributed by atoms with Crippen molar-refractivity contribution in [3.05, 3.63) is 24.4 Å². The van der Waals surface area contributed by atoms with Crippen molar-refractivity contribution in [3.63, 3.8) is 0 Å². The van der Waals surface area contributed by atoms with E-state index in [1.54, 1.807) is 0 Å². The summed E-state index contributed by atoms with van der Waals surface area (Å²) in [6.45, 7) is 3.80. The lowest BCUT2D eigenvalue weighted by atomic mass is 10.2. The standard InChI is InChI=1S/C14H21N5/c1-2-19-10-11(7-17-19)13-8-16-14(18-13)9-15-12-5-3-4-6-12/h7-8,10,12,15H,2-6,9H2,1H3,(H,16,18). The van der Waals surface area contributed by atoms with Crippen molar-refractivity contribution in [3.8, 4) is 11.3 Å². The van der Waals surface area contributed by atoms with Crippen molar-refractivity contribution in [2.45, 2.75) is 51.7 Å². The molecule has 0 spiro atoms. The topological polar surface area (TPSA) is 58.5 Å². The van der Waals surface area contributed by atoms with Gasteiger partial charge >= 0.3 is 0 Å². The first kappa shape index (κ1) is 12.4. The van der Waals surface area contributed by atoms with Gasteiger partial charge in [-0.1, -0.05) is 12.8 Å². The summed E-state index contributed by atoms with van der Waals surface area (Å²) in [4.78, 5) is 7.80. The van der Waals surface area contributed by atoms with Gasteiger partial charge in [0.25, 0.3) is 0 Å². The summed E-state index contributed by atoms with van der Waals surface area (Å²) >= 11 is 0. The number of hydrogen-bond donors (Lipinski definition) is 2. The molecule has 3 rings (SSSR count). The van der Waals surface area contributed by atoms with Crippen molar-refractivity contribution in [1.82, 2.24) is 25.1 Å². The molecule has 2 heterocycles. The van der Waals surface area contributed by atoms with E-state index in [4.69, 9.17) is 0 Å². The Morgan fingerprint density at radius 3 is 2.95 bits per heavy atom. The zero-order valence-corrected chi connectivity index (χ0v) is 11.4. The van der Waals surface area contributed by atoms with Crippen molar-refractivity contribution in [2.75, 3.05) is 0 Å². The number of rotatable bonds is 5. The molecule has 102 valence electrons. The van der Waals surface area contributed by atoms with Crippen LogP contribution in [0.4, 0.5) is 0 Å². The molecule has 2 aromatic heterocycles. The Hall–Kier alpha value is -1.62. The molecule has 1 aliphatic carbocycles. The zero-order chi connectivity index (χ0) is 13.1. The Balaban J connectivity index is 1.62. The molecular formula is C14H21N5. The van der Waals surface area contributed by atoms with Gasteiger partial charge in [-0.3, -0.25) is 4.68 Å². The Morgan fingerprint density at radius 2 is 2.21 bits per heavy atom. The first-order chi connectivity index (χ1) is 9.35. The van der Waals surface area contributed by atoms with Crippen molar-refractivity contribution < 1.29 is 0 Å². The molecule has 5 heteroatoms. The van der Waals surface area contributed by atoms with Gasteiger partial charge in [0.15, 0.2) is 0 Å². The molecule has 0 radical (unpaired) electrons. The average Bonchev–Trinajstić information content (AvgIpc) is 3.16. The first-order valence-electron chi connectivity index (χ1n) is 7.15. The highest BCUT2D eigenvalue weighted by Crippen LogP contribution is 2.19. The Morgan fingerprint density at radius 1 is 1.37 bits per heavy atom. The van der Waals surface area contributed by atoms with Gasteiger partial charge in [-0.2, -0.15) is 5.10 Å². The molecule has 0 aliphatic heterocycles. The minimum absolute atomic E-state index is 0.677. The summed E-state index contributed by atoms with van der Waals surface area (Å²) in [5.74, 6) is 1.01. The summed E-state index contributed by atoms with van der Waals surface area (Å²) in [6.07, 6.45) is 11.1. The molecule has 19 heavy (non-hydrogen) atoms. The fraction of sp³-hybridized carbons (Fsp3) is 0.571. The third-order valence-corrected chi connectivity index (χ3v) is 3.81. The lowest BCUT2D eigenvalue weighted by Crippen LogP contribution is -2.25. The van der Waals surface area contributed by atoms with Gasteiger partial charge in [-0.05, 0) is 19.8 Å². The van der Waals surface area contributed by atoms with Gasteiger partial charge < -0.3 is 10.3 Å². The first-order valence-corrected chi connectivity index (χ1v) is 7.15. The second-order valence-corrected chi connectivity index (χ2v) is 5.19. The molecule has 0 unspecified atom stereocenters. The van der Waals surface area contributed by atoms with E-state index in [0.29, 0.717) is 6.04 Å². The van der Waals surface area contributed by atoms with Crippen LogP contribution in [0.5, 0.6) is 0 Å². The second-order valence-electron chi connectivity index (χ2n) is 5.19. The lowest BCUT2D eigenvalue weighted by molar-refractivity contribution is 0.515. The number of H-pyrrole nitrogens is 1. The van der Waals surface area contributed by atoms with Crippen LogP contribution in [0.1, 0.15) is 38.4 Å². The molecule has 1 aliphatic rings. The van der Waals surface area contributed by atoms with Crippen LogP contribution < -0.4 is 5.32 Å². The summed E-state index contributed by atoms with van der Waals surface area (Å²) < 4.78 is 1.92. The highest BCUT2D eigenvalue weighted by Gasteiger charge is 2.14. The van der Waals surface area contributed by atoms with Crippen LogP contribution in [0.3, 0.4) is 0 Å². The number of aromatic amines is 1. The number of aryl methyl sites for hydroxylation is 1. The van der Waals surface area contributed by atoms with E-state index in [2.05, 4.69) is 27.3 Å². The molecule has 1 fully saturated rings. The van der Waals surface area contributed by atoms with Gasteiger partial charge in [0.05, 0.1) is 24.6 Å². The van der Waals surface area contributed by atoms with Crippen molar-refractivity contribution >= 4 is 0 Å². The monoisotopic (exact) mass is 259 g/mol. The molecule has 0 saturated heterocycles. The van der Waals surface area contributed by atoms with Gasteiger partial charge in [0.1, 0.15) is 5.82 Å². The quantitative estimate of drug-likeness (QED) is 0.866. The Bertz CT molecular complexity index is 521. The predicted octanol–water partition coefficient (Wildman–Crippen LogP) is 2.33. The smallest absolute Gasteiger partial charge is 0.120 e. The average molecular weight is 259 g/mol. The third kappa shape index (κ3) is 2.87. The molecule has 0 atom stereocenters. The van der Waals surface area contributed by atoms with Crippen LogP contribution in [0.2, 0.25) is 0 Å². The fourth-order valence-corrected chi connectivity index (χ4v) is 2.65. The van der Waals surface area contributed by atoms with E-state index in [-0.39, 0.29) is 0 Å². The largest absolute Gasteiger partial charge is 0.341 e. The summed E-state index contributed by atoms with van der Waals surface area (Å²) in [5.41, 5.74) is 2.14. The molecule has 2 aromatic rings. The number of imidazole rings is 1.